The number of rotatable bonds is 3. The van der Waals surface area contributed by atoms with Crippen molar-refractivity contribution in [1.29, 1.82) is 0 Å². The number of amides is 1. The lowest BCUT2D eigenvalue weighted by Crippen LogP contribution is -2.40. The fourth-order valence-electron chi connectivity index (χ4n) is 2.81. The van der Waals surface area contributed by atoms with Crippen molar-refractivity contribution in [3.05, 3.63) is 0 Å². The van der Waals surface area contributed by atoms with Crippen molar-refractivity contribution < 1.29 is 14.7 Å². The third-order valence-electron chi connectivity index (χ3n) is 4.31. The van der Waals surface area contributed by atoms with Gasteiger partial charge in [0.25, 0.3) is 0 Å². The molecule has 2 saturated carbocycles. The minimum absolute atomic E-state index is 0.0388. The molecule has 0 saturated heterocycles. The quantitative estimate of drug-likeness (QED) is 0.816. The van der Waals surface area contributed by atoms with Crippen LogP contribution in [0.25, 0.3) is 0 Å². The number of carboxylic acids is 1. The number of nitrogens with zero attached hydrogens (tertiary/aromatic N) is 1. The van der Waals surface area contributed by atoms with E-state index in [-0.39, 0.29) is 11.8 Å². The van der Waals surface area contributed by atoms with Crippen LogP contribution in [0.2, 0.25) is 0 Å². The van der Waals surface area contributed by atoms with E-state index in [0.717, 1.165) is 18.8 Å². The SMILES string of the molecule is CC1CCC(N(C)C(=O)[C@@H]2C[C@@H]2C(=O)O)CC1. The summed E-state index contributed by atoms with van der Waals surface area (Å²) in [6.45, 7) is 2.25. The zero-order valence-corrected chi connectivity index (χ0v) is 10.6. The van der Waals surface area contributed by atoms with Gasteiger partial charge in [-0.2, -0.15) is 0 Å². The summed E-state index contributed by atoms with van der Waals surface area (Å²) in [5.41, 5.74) is 0. The first-order valence-electron chi connectivity index (χ1n) is 6.50. The summed E-state index contributed by atoms with van der Waals surface area (Å²) in [5, 5.41) is 8.83. The van der Waals surface area contributed by atoms with Crippen LogP contribution in [0.15, 0.2) is 0 Å². The maximum Gasteiger partial charge on any atom is 0.307 e. The van der Waals surface area contributed by atoms with E-state index in [1.807, 2.05) is 7.05 Å². The molecule has 0 aliphatic heterocycles. The fraction of sp³-hybridized carbons (Fsp3) is 0.846. The summed E-state index contributed by atoms with van der Waals surface area (Å²) >= 11 is 0. The van der Waals surface area contributed by atoms with Gasteiger partial charge in [0.2, 0.25) is 5.91 Å². The first-order valence-corrected chi connectivity index (χ1v) is 6.50. The van der Waals surface area contributed by atoms with Gasteiger partial charge in [0, 0.05) is 13.1 Å². The summed E-state index contributed by atoms with van der Waals surface area (Å²) in [7, 11) is 1.83. The Kier molecular flexibility index (Phi) is 3.40. The molecular weight excluding hydrogens is 218 g/mol. The number of carbonyl (C=O) groups excluding carboxylic acids is 1. The molecule has 2 atom stereocenters. The second-order valence-corrected chi connectivity index (χ2v) is 5.65. The monoisotopic (exact) mass is 239 g/mol. The predicted octanol–water partition coefficient (Wildman–Crippen LogP) is 1.74. The van der Waals surface area contributed by atoms with Crippen LogP contribution in [0.5, 0.6) is 0 Å². The summed E-state index contributed by atoms with van der Waals surface area (Å²) < 4.78 is 0. The Morgan fingerprint density at radius 3 is 2.18 bits per heavy atom. The summed E-state index contributed by atoms with van der Waals surface area (Å²) in [6, 6.07) is 0.328. The van der Waals surface area contributed by atoms with E-state index in [9.17, 15) is 9.59 Å². The van der Waals surface area contributed by atoms with Gasteiger partial charge in [0.15, 0.2) is 0 Å². The number of hydrogen-bond donors (Lipinski definition) is 1. The molecule has 0 radical (unpaired) electrons. The van der Waals surface area contributed by atoms with Gasteiger partial charge in [-0.25, -0.2) is 0 Å². The van der Waals surface area contributed by atoms with Crippen molar-refractivity contribution in [2.24, 2.45) is 17.8 Å². The van der Waals surface area contributed by atoms with Gasteiger partial charge < -0.3 is 10.0 Å². The molecule has 0 aromatic rings. The van der Waals surface area contributed by atoms with Crippen molar-refractivity contribution in [2.75, 3.05) is 7.05 Å². The Morgan fingerprint density at radius 2 is 1.71 bits per heavy atom. The van der Waals surface area contributed by atoms with E-state index in [0.29, 0.717) is 12.5 Å². The van der Waals surface area contributed by atoms with Crippen LogP contribution in [-0.4, -0.2) is 35.0 Å². The van der Waals surface area contributed by atoms with Crippen LogP contribution in [0.3, 0.4) is 0 Å². The molecule has 2 fully saturated rings. The minimum Gasteiger partial charge on any atom is -0.481 e. The summed E-state index contributed by atoms with van der Waals surface area (Å²) in [6.07, 6.45) is 5.01. The van der Waals surface area contributed by atoms with Gasteiger partial charge in [0.1, 0.15) is 0 Å². The van der Waals surface area contributed by atoms with Gasteiger partial charge in [-0.1, -0.05) is 6.92 Å². The second kappa shape index (κ2) is 4.67. The van der Waals surface area contributed by atoms with E-state index >= 15 is 0 Å². The normalized spacial score (nSPS) is 36.4. The molecular formula is C13H21NO3. The third-order valence-corrected chi connectivity index (χ3v) is 4.31. The van der Waals surface area contributed by atoms with Gasteiger partial charge in [-0.3, -0.25) is 9.59 Å². The molecule has 4 heteroatoms. The first-order chi connectivity index (χ1) is 8.00. The molecule has 1 N–H and O–H groups in total. The Balaban J connectivity index is 1.86. The average Bonchev–Trinajstić information content (AvgIpc) is 3.08. The second-order valence-electron chi connectivity index (χ2n) is 5.65. The van der Waals surface area contributed by atoms with Crippen LogP contribution >= 0.6 is 0 Å². The largest absolute Gasteiger partial charge is 0.481 e. The topological polar surface area (TPSA) is 57.6 Å². The van der Waals surface area contributed by atoms with Crippen LogP contribution in [0.4, 0.5) is 0 Å². The summed E-state index contributed by atoms with van der Waals surface area (Å²) in [4.78, 5) is 24.6. The average molecular weight is 239 g/mol. The lowest BCUT2D eigenvalue weighted by atomic mass is 9.86. The Bertz CT molecular complexity index is 321. The molecule has 2 aliphatic rings. The molecule has 0 aromatic heterocycles. The third kappa shape index (κ3) is 2.61. The first kappa shape index (κ1) is 12.4. The summed E-state index contributed by atoms with van der Waals surface area (Å²) in [5.74, 6) is -0.697. The van der Waals surface area contributed by atoms with Crippen molar-refractivity contribution in [3.63, 3.8) is 0 Å². The van der Waals surface area contributed by atoms with E-state index in [1.54, 1.807) is 4.90 Å². The van der Waals surface area contributed by atoms with Crippen molar-refractivity contribution >= 4 is 11.9 Å². The number of hydrogen-bond acceptors (Lipinski definition) is 2. The van der Waals surface area contributed by atoms with Crippen LogP contribution in [0, 0.1) is 17.8 Å². The van der Waals surface area contributed by atoms with Gasteiger partial charge >= 0.3 is 5.97 Å². The molecule has 0 heterocycles. The molecule has 0 aromatic carbocycles. The maximum atomic E-state index is 12.1. The van der Waals surface area contributed by atoms with Gasteiger partial charge in [-0.05, 0) is 38.0 Å². The standard InChI is InChI=1S/C13H21NO3/c1-8-3-5-9(6-4-8)14(2)12(15)10-7-11(10)13(16)17/h8-11H,3-7H2,1-2H3,(H,16,17)/t8?,9?,10-,11+/m1/s1. The van der Waals surface area contributed by atoms with Crippen LogP contribution in [-0.2, 0) is 9.59 Å². The molecule has 0 unspecified atom stereocenters. The lowest BCUT2D eigenvalue weighted by molar-refractivity contribution is -0.142. The van der Waals surface area contributed by atoms with Crippen molar-refractivity contribution in [2.45, 2.75) is 45.1 Å². The zero-order valence-electron chi connectivity index (χ0n) is 10.6. The Hall–Kier alpha value is -1.06. The van der Waals surface area contributed by atoms with E-state index in [1.165, 1.54) is 12.8 Å². The fourth-order valence-corrected chi connectivity index (χ4v) is 2.81. The molecule has 4 nitrogen and oxygen atoms in total. The van der Waals surface area contributed by atoms with Crippen molar-refractivity contribution in [1.82, 2.24) is 4.90 Å². The molecule has 0 bridgehead atoms. The van der Waals surface area contributed by atoms with E-state index in [2.05, 4.69) is 6.92 Å². The number of aliphatic carboxylic acids is 1. The van der Waals surface area contributed by atoms with Gasteiger partial charge in [0.05, 0.1) is 11.8 Å². The lowest BCUT2D eigenvalue weighted by Gasteiger charge is -2.33. The van der Waals surface area contributed by atoms with E-state index < -0.39 is 11.9 Å². The highest BCUT2D eigenvalue weighted by molar-refractivity contribution is 5.89. The van der Waals surface area contributed by atoms with E-state index in [4.69, 9.17) is 5.11 Å². The molecule has 17 heavy (non-hydrogen) atoms. The minimum atomic E-state index is -0.825. The highest BCUT2D eigenvalue weighted by Gasteiger charge is 2.50. The molecule has 2 aliphatic carbocycles. The highest BCUT2D eigenvalue weighted by atomic mass is 16.4. The predicted molar refractivity (Wildman–Crippen MR) is 63.4 cm³/mol. The van der Waals surface area contributed by atoms with Crippen molar-refractivity contribution in [3.8, 4) is 0 Å². The Morgan fingerprint density at radius 1 is 1.12 bits per heavy atom. The number of carbonyl (C=O) groups is 2. The highest BCUT2D eigenvalue weighted by Crippen LogP contribution is 2.41. The zero-order chi connectivity index (χ0) is 12.6. The maximum absolute atomic E-state index is 12.1. The number of carboxylic acid groups (broad SMARTS) is 1. The smallest absolute Gasteiger partial charge is 0.307 e. The molecule has 2 rings (SSSR count). The molecule has 96 valence electrons. The van der Waals surface area contributed by atoms with Gasteiger partial charge in [-0.15, -0.1) is 0 Å². The molecule has 1 amide bonds. The van der Waals surface area contributed by atoms with Crippen LogP contribution in [0.1, 0.15) is 39.0 Å². The van der Waals surface area contributed by atoms with Crippen LogP contribution < -0.4 is 0 Å². The Labute approximate surface area is 102 Å². The molecule has 0 spiro atoms.